The smallest absolute Gasteiger partial charge is 0.208 e. The summed E-state index contributed by atoms with van der Waals surface area (Å²) in [6, 6.07) is 0.586. The summed E-state index contributed by atoms with van der Waals surface area (Å²) in [6.45, 7) is 1.27. The number of nitrogens with zero attached hydrogens (tertiary/aromatic N) is 2. The van der Waals surface area contributed by atoms with E-state index in [9.17, 15) is 0 Å². The summed E-state index contributed by atoms with van der Waals surface area (Å²) in [5, 5.41) is 0. The molecular formula is C10H22N4O. The molecule has 0 bridgehead atoms. The Morgan fingerprint density at radius 3 is 2.73 bits per heavy atom. The molecule has 0 radical (unpaired) electrons. The van der Waals surface area contributed by atoms with Gasteiger partial charge in [0.05, 0.1) is 13.2 Å². The lowest BCUT2D eigenvalue weighted by atomic mass is 10.2. The van der Waals surface area contributed by atoms with Crippen LogP contribution in [-0.2, 0) is 4.74 Å². The number of aliphatic imine (C=N–C) groups is 1. The molecule has 1 aliphatic rings. The molecule has 88 valence electrons. The number of nitrogens with two attached hydrogens (primary N) is 1. The van der Waals surface area contributed by atoms with E-state index in [-0.39, 0.29) is 0 Å². The molecule has 1 fully saturated rings. The molecule has 0 spiro atoms. The Morgan fingerprint density at radius 2 is 2.20 bits per heavy atom. The number of methoxy groups -OCH3 is 1. The number of hydrazine groups is 1. The monoisotopic (exact) mass is 214 g/mol. The molecule has 3 N–H and O–H groups in total. The fourth-order valence-electron chi connectivity index (χ4n) is 1.97. The van der Waals surface area contributed by atoms with Gasteiger partial charge in [-0.2, -0.15) is 0 Å². The van der Waals surface area contributed by atoms with Gasteiger partial charge in [0.1, 0.15) is 0 Å². The zero-order valence-corrected chi connectivity index (χ0v) is 9.70. The zero-order valence-electron chi connectivity index (χ0n) is 9.70. The molecule has 1 rings (SSSR count). The zero-order chi connectivity index (χ0) is 11.1. The SMILES string of the molecule is COCCN=C(NN)N(C)C1CCCC1. The second kappa shape index (κ2) is 6.63. The van der Waals surface area contributed by atoms with Gasteiger partial charge < -0.3 is 9.64 Å². The van der Waals surface area contributed by atoms with Gasteiger partial charge in [0.15, 0.2) is 0 Å². The number of guanidine groups is 1. The predicted molar refractivity (Wildman–Crippen MR) is 61.5 cm³/mol. The Labute approximate surface area is 91.6 Å². The normalized spacial score (nSPS) is 18.2. The lowest BCUT2D eigenvalue weighted by Gasteiger charge is -2.27. The lowest BCUT2D eigenvalue weighted by molar-refractivity contribution is 0.207. The highest BCUT2D eigenvalue weighted by molar-refractivity contribution is 5.79. The van der Waals surface area contributed by atoms with Crippen molar-refractivity contribution in [2.24, 2.45) is 10.8 Å². The van der Waals surface area contributed by atoms with Crippen LogP contribution in [0.5, 0.6) is 0 Å². The lowest BCUT2D eigenvalue weighted by Crippen LogP contribution is -2.47. The molecule has 0 amide bonds. The van der Waals surface area contributed by atoms with Gasteiger partial charge in [-0.1, -0.05) is 12.8 Å². The quantitative estimate of drug-likeness (QED) is 0.233. The topological polar surface area (TPSA) is 62.9 Å². The van der Waals surface area contributed by atoms with Gasteiger partial charge in [-0.3, -0.25) is 5.43 Å². The standard InChI is InChI=1S/C10H22N4O/c1-14(9-5-3-4-6-9)10(13-11)12-7-8-15-2/h9H,3-8,11H2,1-2H3,(H,12,13). The summed E-state index contributed by atoms with van der Waals surface area (Å²) in [7, 11) is 3.72. The van der Waals surface area contributed by atoms with Crippen LogP contribution in [0.15, 0.2) is 4.99 Å². The molecule has 0 atom stereocenters. The Hall–Kier alpha value is -0.810. The average molecular weight is 214 g/mol. The van der Waals surface area contributed by atoms with E-state index in [0.717, 1.165) is 5.96 Å². The molecule has 0 aromatic rings. The minimum atomic E-state index is 0.586. The molecule has 5 nitrogen and oxygen atoms in total. The third kappa shape index (κ3) is 3.68. The van der Waals surface area contributed by atoms with E-state index in [1.807, 2.05) is 7.05 Å². The highest BCUT2D eigenvalue weighted by atomic mass is 16.5. The van der Waals surface area contributed by atoms with Gasteiger partial charge in [0, 0.05) is 20.2 Å². The molecule has 5 heteroatoms. The molecule has 1 saturated carbocycles. The van der Waals surface area contributed by atoms with Crippen molar-refractivity contribution in [1.29, 1.82) is 0 Å². The Balaban J connectivity index is 2.44. The Bertz CT molecular complexity index is 202. The summed E-state index contributed by atoms with van der Waals surface area (Å²) in [4.78, 5) is 6.50. The largest absolute Gasteiger partial charge is 0.383 e. The molecule has 0 aliphatic heterocycles. The maximum atomic E-state index is 5.46. The summed E-state index contributed by atoms with van der Waals surface area (Å²) in [5.41, 5.74) is 2.66. The first-order valence-corrected chi connectivity index (χ1v) is 5.52. The number of nitrogens with one attached hydrogen (secondary N) is 1. The maximum Gasteiger partial charge on any atom is 0.208 e. The van der Waals surface area contributed by atoms with Crippen molar-refractivity contribution in [3.63, 3.8) is 0 Å². The minimum Gasteiger partial charge on any atom is -0.383 e. The molecule has 15 heavy (non-hydrogen) atoms. The third-order valence-electron chi connectivity index (χ3n) is 2.89. The summed E-state index contributed by atoms with van der Waals surface area (Å²) in [5.74, 6) is 6.22. The van der Waals surface area contributed by atoms with E-state index < -0.39 is 0 Å². The fraction of sp³-hybridized carbons (Fsp3) is 0.900. The van der Waals surface area contributed by atoms with E-state index >= 15 is 0 Å². The van der Waals surface area contributed by atoms with Crippen LogP contribution in [0.3, 0.4) is 0 Å². The molecular weight excluding hydrogens is 192 g/mol. The van der Waals surface area contributed by atoms with Gasteiger partial charge in [0.25, 0.3) is 0 Å². The molecule has 0 aromatic carbocycles. The Morgan fingerprint density at radius 1 is 1.53 bits per heavy atom. The van der Waals surface area contributed by atoms with Crippen molar-refractivity contribution in [2.45, 2.75) is 31.7 Å². The third-order valence-corrected chi connectivity index (χ3v) is 2.89. The van der Waals surface area contributed by atoms with Crippen LogP contribution < -0.4 is 11.3 Å². The highest BCUT2D eigenvalue weighted by Gasteiger charge is 2.21. The van der Waals surface area contributed by atoms with Crippen molar-refractivity contribution in [3.8, 4) is 0 Å². The van der Waals surface area contributed by atoms with Crippen LogP contribution >= 0.6 is 0 Å². The van der Waals surface area contributed by atoms with Crippen LogP contribution in [0.2, 0.25) is 0 Å². The van der Waals surface area contributed by atoms with Crippen LogP contribution in [0.25, 0.3) is 0 Å². The fourth-order valence-corrected chi connectivity index (χ4v) is 1.97. The summed E-state index contributed by atoms with van der Waals surface area (Å²) < 4.78 is 4.95. The van der Waals surface area contributed by atoms with E-state index in [2.05, 4.69) is 15.3 Å². The second-order valence-electron chi connectivity index (χ2n) is 3.89. The molecule has 0 saturated heterocycles. The maximum absolute atomic E-state index is 5.46. The highest BCUT2D eigenvalue weighted by Crippen LogP contribution is 2.22. The van der Waals surface area contributed by atoms with Crippen LogP contribution in [0.1, 0.15) is 25.7 Å². The van der Waals surface area contributed by atoms with Crippen molar-refractivity contribution >= 4 is 5.96 Å². The van der Waals surface area contributed by atoms with E-state index in [1.165, 1.54) is 25.7 Å². The number of hydrogen-bond acceptors (Lipinski definition) is 3. The van der Waals surface area contributed by atoms with Crippen molar-refractivity contribution in [2.75, 3.05) is 27.3 Å². The number of ether oxygens (including phenoxy) is 1. The number of hydrogen-bond donors (Lipinski definition) is 2. The van der Waals surface area contributed by atoms with Crippen molar-refractivity contribution in [3.05, 3.63) is 0 Å². The van der Waals surface area contributed by atoms with Gasteiger partial charge in [-0.15, -0.1) is 0 Å². The van der Waals surface area contributed by atoms with Crippen molar-refractivity contribution in [1.82, 2.24) is 10.3 Å². The first kappa shape index (κ1) is 12.3. The Kier molecular flexibility index (Phi) is 5.42. The second-order valence-corrected chi connectivity index (χ2v) is 3.89. The van der Waals surface area contributed by atoms with Gasteiger partial charge in [-0.25, -0.2) is 10.8 Å². The van der Waals surface area contributed by atoms with E-state index in [1.54, 1.807) is 7.11 Å². The van der Waals surface area contributed by atoms with Gasteiger partial charge >= 0.3 is 0 Å². The minimum absolute atomic E-state index is 0.586. The molecule has 0 heterocycles. The van der Waals surface area contributed by atoms with E-state index in [0.29, 0.717) is 19.2 Å². The number of rotatable bonds is 4. The first-order valence-electron chi connectivity index (χ1n) is 5.52. The molecule has 1 aliphatic carbocycles. The average Bonchev–Trinajstić information content (AvgIpc) is 2.77. The van der Waals surface area contributed by atoms with Crippen molar-refractivity contribution < 1.29 is 4.74 Å². The first-order chi connectivity index (χ1) is 7.29. The van der Waals surface area contributed by atoms with Gasteiger partial charge in [-0.05, 0) is 12.8 Å². The molecule has 0 unspecified atom stereocenters. The summed E-state index contributed by atoms with van der Waals surface area (Å²) >= 11 is 0. The van der Waals surface area contributed by atoms with E-state index in [4.69, 9.17) is 10.6 Å². The van der Waals surface area contributed by atoms with Crippen LogP contribution in [0, 0.1) is 0 Å². The molecule has 0 aromatic heterocycles. The van der Waals surface area contributed by atoms with Gasteiger partial charge in [0.2, 0.25) is 5.96 Å². The predicted octanol–water partition coefficient (Wildman–Crippen LogP) is 0.327. The van der Waals surface area contributed by atoms with Crippen LogP contribution in [0.4, 0.5) is 0 Å². The van der Waals surface area contributed by atoms with Crippen LogP contribution in [-0.4, -0.2) is 44.2 Å². The summed E-state index contributed by atoms with van der Waals surface area (Å²) in [6.07, 6.45) is 5.10.